The minimum atomic E-state index is -2.87. The molecule has 142 valence electrons. The van der Waals surface area contributed by atoms with Crippen LogP contribution in [0.3, 0.4) is 0 Å². The predicted octanol–water partition coefficient (Wildman–Crippen LogP) is 1.68. The number of nitrogens with one attached hydrogen (secondary N) is 1. The zero-order valence-corrected chi connectivity index (χ0v) is 13.9. The molecule has 0 unspecified atom stereocenters. The van der Waals surface area contributed by atoms with Crippen molar-refractivity contribution in [3.05, 3.63) is 70.2 Å². The Kier molecular flexibility index (Phi) is 5.50. The fourth-order valence-corrected chi connectivity index (χ4v) is 2.07. The molecule has 28 heavy (non-hydrogen) atoms. The second-order valence-corrected chi connectivity index (χ2v) is 5.29. The summed E-state index contributed by atoms with van der Waals surface area (Å²) in [7, 11) is 0. The van der Waals surface area contributed by atoms with Gasteiger partial charge in [0.2, 0.25) is 5.82 Å². The largest absolute Gasteiger partial charge is 0.327 e. The van der Waals surface area contributed by atoms with E-state index in [1.807, 2.05) is 0 Å². The molecule has 0 aromatic carbocycles. The van der Waals surface area contributed by atoms with Gasteiger partial charge in [0.05, 0.1) is 12.2 Å². The van der Waals surface area contributed by atoms with Crippen LogP contribution in [0, 0.1) is 17.7 Å². The lowest BCUT2D eigenvalue weighted by molar-refractivity contribution is 0.0981. The number of carbonyl (C=O) groups excluding carboxylic acids is 1. The Bertz CT molecular complexity index is 1120. The first-order valence-electron chi connectivity index (χ1n) is 7.67. The fourth-order valence-electron chi connectivity index (χ4n) is 2.07. The monoisotopic (exact) mass is 389 g/mol. The molecule has 0 radical (unpaired) electrons. The number of nitrogens with zero attached hydrogens (tertiary/aromatic N) is 4. The zero-order chi connectivity index (χ0) is 20.1. The number of aromatic nitrogens is 4. The van der Waals surface area contributed by atoms with Crippen molar-refractivity contribution in [3.63, 3.8) is 0 Å². The number of anilines is 1. The van der Waals surface area contributed by atoms with E-state index >= 15 is 0 Å². The highest BCUT2D eigenvalue weighted by Gasteiger charge is 2.17. The molecule has 11 heteroatoms. The minimum absolute atomic E-state index is 0.0733. The van der Waals surface area contributed by atoms with Crippen LogP contribution < -0.4 is 10.9 Å². The van der Waals surface area contributed by atoms with Gasteiger partial charge in [0.15, 0.2) is 5.82 Å². The molecule has 1 N–H and O–H groups in total. The molecule has 0 saturated carbocycles. The van der Waals surface area contributed by atoms with E-state index in [0.29, 0.717) is 16.2 Å². The molecule has 0 fully saturated rings. The second kappa shape index (κ2) is 8.17. The van der Waals surface area contributed by atoms with Gasteiger partial charge >= 0.3 is 11.8 Å². The summed E-state index contributed by atoms with van der Waals surface area (Å²) >= 11 is 0. The maximum Gasteiger partial charge on any atom is 0.317 e. The van der Waals surface area contributed by atoms with Crippen LogP contribution in [-0.4, -0.2) is 32.0 Å². The number of carbonyl (C=O) groups is 1. The molecule has 0 aliphatic rings. The highest BCUT2D eigenvalue weighted by Crippen LogP contribution is 2.10. The molecule has 0 aliphatic heterocycles. The Labute approximate surface area is 155 Å². The van der Waals surface area contributed by atoms with Crippen LogP contribution in [0.15, 0.2) is 46.1 Å². The third-order valence-corrected chi connectivity index (χ3v) is 3.25. The van der Waals surface area contributed by atoms with Crippen molar-refractivity contribution in [1.82, 2.24) is 19.7 Å². The van der Waals surface area contributed by atoms with Crippen LogP contribution in [0.1, 0.15) is 22.1 Å². The predicted molar refractivity (Wildman–Crippen MR) is 89.1 cm³/mol. The van der Waals surface area contributed by atoms with Crippen molar-refractivity contribution >= 4 is 11.6 Å². The summed E-state index contributed by atoms with van der Waals surface area (Å²) in [5, 5.41) is 5.71. The Morgan fingerprint density at radius 3 is 2.75 bits per heavy atom. The summed E-state index contributed by atoms with van der Waals surface area (Å²) in [6, 6.07) is 4.01. The molecule has 3 heterocycles. The second-order valence-electron chi connectivity index (χ2n) is 5.29. The molecule has 3 aromatic heterocycles. The summed E-state index contributed by atoms with van der Waals surface area (Å²) in [5.74, 6) is 2.54. The van der Waals surface area contributed by atoms with Crippen LogP contribution in [0.4, 0.5) is 18.9 Å². The SMILES string of the molecule is O=C(Nc1cc(F)c(=O)n(CC(F)F)c1)c1nc(C#Cc2ccncc2)no1. The molecule has 8 nitrogen and oxygen atoms in total. The number of amides is 1. The number of hydrogen-bond donors (Lipinski definition) is 1. The third kappa shape index (κ3) is 4.61. The van der Waals surface area contributed by atoms with E-state index in [1.165, 1.54) is 0 Å². The molecule has 3 rings (SSSR count). The molecule has 0 aliphatic carbocycles. The van der Waals surface area contributed by atoms with Crippen molar-refractivity contribution in [1.29, 1.82) is 0 Å². The molecule has 0 bridgehead atoms. The Morgan fingerprint density at radius 1 is 1.29 bits per heavy atom. The molecule has 3 aromatic rings. The van der Waals surface area contributed by atoms with Gasteiger partial charge in [0.25, 0.3) is 12.0 Å². The van der Waals surface area contributed by atoms with Gasteiger partial charge in [0.1, 0.15) is 0 Å². The van der Waals surface area contributed by atoms with Gasteiger partial charge < -0.3 is 14.4 Å². The maximum absolute atomic E-state index is 13.6. The smallest absolute Gasteiger partial charge is 0.317 e. The van der Waals surface area contributed by atoms with Gasteiger partial charge in [-0.3, -0.25) is 14.6 Å². The first kappa shape index (κ1) is 18.8. The van der Waals surface area contributed by atoms with Gasteiger partial charge in [0, 0.05) is 30.2 Å². The summed E-state index contributed by atoms with van der Waals surface area (Å²) in [6.07, 6.45) is 1.11. The van der Waals surface area contributed by atoms with E-state index in [1.54, 1.807) is 24.5 Å². The molecule has 0 saturated heterocycles. The van der Waals surface area contributed by atoms with Crippen LogP contribution in [-0.2, 0) is 6.54 Å². The van der Waals surface area contributed by atoms with Gasteiger partial charge in [-0.05, 0) is 23.2 Å². The van der Waals surface area contributed by atoms with Crippen molar-refractivity contribution in [2.75, 3.05) is 5.32 Å². The lowest BCUT2D eigenvalue weighted by Crippen LogP contribution is -2.26. The van der Waals surface area contributed by atoms with E-state index in [-0.39, 0.29) is 11.5 Å². The van der Waals surface area contributed by atoms with Crippen molar-refractivity contribution in [2.24, 2.45) is 0 Å². The quantitative estimate of drug-likeness (QED) is 0.681. The Balaban J connectivity index is 1.76. The van der Waals surface area contributed by atoms with E-state index in [9.17, 15) is 22.8 Å². The maximum atomic E-state index is 13.6. The number of rotatable bonds is 4. The standard InChI is InChI=1S/C17H10F3N5O3/c18-12-7-11(8-25(17(12)27)9-13(19)20)22-15(26)16-23-14(24-28-16)2-1-10-3-5-21-6-4-10/h3-8,13H,9H2,(H,22,26). The first-order valence-corrected chi connectivity index (χ1v) is 7.67. The highest BCUT2D eigenvalue weighted by molar-refractivity contribution is 6.00. The minimum Gasteiger partial charge on any atom is -0.327 e. The number of alkyl halides is 2. The average Bonchev–Trinajstić information content (AvgIpc) is 3.14. The Hall–Kier alpha value is -3.94. The lowest BCUT2D eigenvalue weighted by atomic mass is 10.3. The number of halogens is 3. The van der Waals surface area contributed by atoms with Crippen LogP contribution in [0.5, 0.6) is 0 Å². The highest BCUT2D eigenvalue weighted by atomic mass is 19.3. The summed E-state index contributed by atoms with van der Waals surface area (Å²) in [5.41, 5.74) is -0.822. The van der Waals surface area contributed by atoms with Crippen molar-refractivity contribution in [2.45, 2.75) is 13.0 Å². The number of hydrogen-bond acceptors (Lipinski definition) is 6. The van der Waals surface area contributed by atoms with Gasteiger partial charge in [-0.1, -0.05) is 5.92 Å². The van der Waals surface area contributed by atoms with E-state index in [4.69, 9.17) is 4.52 Å². The van der Waals surface area contributed by atoms with Crippen LogP contribution in [0.25, 0.3) is 0 Å². The van der Waals surface area contributed by atoms with E-state index < -0.39 is 36.1 Å². The summed E-state index contributed by atoms with van der Waals surface area (Å²) < 4.78 is 43.8. The van der Waals surface area contributed by atoms with Gasteiger partial charge in [-0.15, -0.1) is 0 Å². The molecular formula is C17H10F3N5O3. The fraction of sp³-hybridized carbons (Fsp3) is 0.118. The normalized spacial score (nSPS) is 10.4. The first-order chi connectivity index (χ1) is 13.4. The van der Waals surface area contributed by atoms with E-state index in [2.05, 4.69) is 32.3 Å². The third-order valence-electron chi connectivity index (χ3n) is 3.25. The van der Waals surface area contributed by atoms with Gasteiger partial charge in [-0.2, -0.15) is 4.98 Å². The van der Waals surface area contributed by atoms with Crippen LogP contribution in [0.2, 0.25) is 0 Å². The number of pyridine rings is 2. The molecule has 1 amide bonds. The topological polar surface area (TPSA) is 103 Å². The Morgan fingerprint density at radius 2 is 2.04 bits per heavy atom. The molecule has 0 spiro atoms. The van der Waals surface area contributed by atoms with E-state index in [0.717, 1.165) is 6.20 Å². The summed E-state index contributed by atoms with van der Waals surface area (Å²) in [4.78, 5) is 31.2. The van der Waals surface area contributed by atoms with Crippen molar-refractivity contribution in [3.8, 4) is 11.8 Å². The summed E-state index contributed by atoms with van der Waals surface area (Å²) in [6.45, 7) is -1.02. The molecule has 0 atom stereocenters. The lowest BCUT2D eigenvalue weighted by Gasteiger charge is -2.08. The van der Waals surface area contributed by atoms with Crippen molar-refractivity contribution < 1.29 is 22.5 Å². The molecular weight excluding hydrogens is 379 g/mol. The zero-order valence-electron chi connectivity index (χ0n) is 13.9. The van der Waals surface area contributed by atoms with Gasteiger partial charge in [-0.25, -0.2) is 13.2 Å². The average molecular weight is 389 g/mol. The van der Waals surface area contributed by atoms with Crippen LogP contribution >= 0.6 is 0 Å².